The van der Waals surface area contributed by atoms with E-state index in [1.807, 2.05) is 12.1 Å². The molecule has 94 valence electrons. The summed E-state index contributed by atoms with van der Waals surface area (Å²) in [4.78, 5) is 0. The van der Waals surface area contributed by atoms with Crippen LogP contribution in [0.2, 0.25) is 5.02 Å². The van der Waals surface area contributed by atoms with Gasteiger partial charge in [0.2, 0.25) is 0 Å². The van der Waals surface area contributed by atoms with Crippen LogP contribution in [0.15, 0.2) is 36.4 Å². The minimum Gasteiger partial charge on any atom is -0.397 e. The lowest BCUT2D eigenvalue weighted by molar-refractivity contribution is 1.11. The average molecular weight is 261 g/mol. The Balaban J connectivity index is 2.13. The monoisotopic (exact) mass is 260 g/mol. The standard InChI is InChI=1S/C15H17ClN2/c1-10-3-4-11(2)12(7-10)9-18-15-6-5-13(16)8-14(15)17/h3-8,18H,9,17H2,1-2H3. The van der Waals surface area contributed by atoms with E-state index in [2.05, 4.69) is 37.4 Å². The molecule has 0 atom stereocenters. The number of nitrogen functional groups attached to an aromatic ring is 1. The first kappa shape index (κ1) is 12.8. The highest BCUT2D eigenvalue weighted by atomic mass is 35.5. The van der Waals surface area contributed by atoms with E-state index in [-0.39, 0.29) is 0 Å². The average Bonchev–Trinajstić information content (AvgIpc) is 2.32. The van der Waals surface area contributed by atoms with E-state index >= 15 is 0 Å². The van der Waals surface area contributed by atoms with Gasteiger partial charge in [0.05, 0.1) is 11.4 Å². The number of nitrogens with two attached hydrogens (primary N) is 1. The summed E-state index contributed by atoms with van der Waals surface area (Å²) in [5.74, 6) is 0. The van der Waals surface area contributed by atoms with Crippen LogP contribution in [0.5, 0.6) is 0 Å². The molecule has 0 radical (unpaired) electrons. The van der Waals surface area contributed by atoms with Gasteiger partial charge in [-0.15, -0.1) is 0 Å². The maximum atomic E-state index is 5.91. The molecule has 2 rings (SSSR count). The van der Waals surface area contributed by atoms with E-state index in [0.717, 1.165) is 12.2 Å². The van der Waals surface area contributed by atoms with Gasteiger partial charge in [0, 0.05) is 11.6 Å². The van der Waals surface area contributed by atoms with Crippen molar-refractivity contribution in [1.29, 1.82) is 0 Å². The zero-order chi connectivity index (χ0) is 13.1. The summed E-state index contributed by atoms with van der Waals surface area (Å²) in [6.07, 6.45) is 0. The Morgan fingerprint density at radius 2 is 1.89 bits per heavy atom. The fourth-order valence-electron chi connectivity index (χ4n) is 1.88. The van der Waals surface area contributed by atoms with Crippen molar-refractivity contribution in [2.75, 3.05) is 11.1 Å². The van der Waals surface area contributed by atoms with Gasteiger partial charge < -0.3 is 11.1 Å². The maximum absolute atomic E-state index is 5.91. The van der Waals surface area contributed by atoms with Gasteiger partial charge in [0.15, 0.2) is 0 Å². The molecule has 0 heterocycles. The quantitative estimate of drug-likeness (QED) is 0.814. The maximum Gasteiger partial charge on any atom is 0.0577 e. The fraction of sp³-hybridized carbons (Fsp3) is 0.200. The lowest BCUT2D eigenvalue weighted by Gasteiger charge is -2.12. The predicted octanol–water partition coefficient (Wildman–Crippen LogP) is 4.15. The van der Waals surface area contributed by atoms with Crippen LogP contribution in [-0.2, 0) is 6.54 Å². The van der Waals surface area contributed by atoms with Crippen molar-refractivity contribution in [2.45, 2.75) is 20.4 Å². The Kier molecular flexibility index (Phi) is 3.78. The Bertz CT molecular complexity index is 564. The molecule has 2 aromatic rings. The molecule has 0 bridgehead atoms. The van der Waals surface area contributed by atoms with Crippen LogP contribution in [0.3, 0.4) is 0 Å². The smallest absolute Gasteiger partial charge is 0.0577 e. The van der Waals surface area contributed by atoms with Crippen LogP contribution in [0, 0.1) is 13.8 Å². The highest BCUT2D eigenvalue weighted by Crippen LogP contribution is 2.23. The van der Waals surface area contributed by atoms with E-state index in [1.165, 1.54) is 16.7 Å². The van der Waals surface area contributed by atoms with Crippen molar-refractivity contribution in [3.05, 3.63) is 58.1 Å². The van der Waals surface area contributed by atoms with Gasteiger partial charge in [-0.1, -0.05) is 35.4 Å². The molecule has 0 fully saturated rings. The van der Waals surface area contributed by atoms with E-state index in [4.69, 9.17) is 17.3 Å². The largest absolute Gasteiger partial charge is 0.397 e. The molecule has 0 saturated carbocycles. The number of hydrogen-bond donors (Lipinski definition) is 2. The van der Waals surface area contributed by atoms with Crippen molar-refractivity contribution in [3.63, 3.8) is 0 Å². The molecule has 2 nitrogen and oxygen atoms in total. The molecule has 0 unspecified atom stereocenters. The molecule has 0 aliphatic heterocycles. The van der Waals surface area contributed by atoms with Crippen molar-refractivity contribution in [3.8, 4) is 0 Å². The number of nitrogens with one attached hydrogen (secondary N) is 1. The minimum absolute atomic E-state index is 0.657. The summed E-state index contributed by atoms with van der Waals surface area (Å²) in [5.41, 5.74) is 11.3. The molecule has 0 aromatic heterocycles. The Morgan fingerprint density at radius 1 is 1.11 bits per heavy atom. The van der Waals surface area contributed by atoms with Crippen LogP contribution in [0.1, 0.15) is 16.7 Å². The molecule has 0 aliphatic carbocycles. The molecule has 0 amide bonds. The zero-order valence-electron chi connectivity index (χ0n) is 10.6. The van der Waals surface area contributed by atoms with E-state index < -0.39 is 0 Å². The Hall–Kier alpha value is -1.67. The van der Waals surface area contributed by atoms with Gasteiger partial charge >= 0.3 is 0 Å². The molecule has 0 spiro atoms. The summed E-state index contributed by atoms with van der Waals surface area (Å²) in [5, 5.41) is 4.00. The van der Waals surface area contributed by atoms with Crippen LogP contribution >= 0.6 is 11.6 Å². The van der Waals surface area contributed by atoms with Gasteiger partial charge in [-0.05, 0) is 43.2 Å². The van der Waals surface area contributed by atoms with E-state index in [0.29, 0.717) is 10.7 Å². The third kappa shape index (κ3) is 2.96. The van der Waals surface area contributed by atoms with Crippen LogP contribution in [0.4, 0.5) is 11.4 Å². The van der Waals surface area contributed by atoms with Crippen LogP contribution in [-0.4, -0.2) is 0 Å². The highest BCUT2D eigenvalue weighted by molar-refractivity contribution is 6.31. The lowest BCUT2D eigenvalue weighted by atomic mass is 10.1. The number of anilines is 2. The second kappa shape index (κ2) is 5.32. The summed E-state index contributed by atoms with van der Waals surface area (Å²) in [6, 6.07) is 11.9. The Labute approximate surface area is 113 Å². The van der Waals surface area contributed by atoms with Crippen molar-refractivity contribution >= 4 is 23.0 Å². The summed E-state index contributed by atoms with van der Waals surface area (Å²) in [6.45, 7) is 4.97. The first-order valence-electron chi connectivity index (χ1n) is 5.91. The summed E-state index contributed by atoms with van der Waals surface area (Å²) >= 11 is 5.87. The SMILES string of the molecule is Cc1ccc(C)c(CNc2ccc(Cl)cc2N)c1. The molecule has 18 heavy (non-hydrogen) atoms. The van der Waals surface area contributed by atoms with Gasteiger partial charge in [-0.3, -0.25) is 0 Å². The summed E-state index contributed by atoms with van der Waals surface area (Å²) in [7, 11) is 0. The Morgan fingerprint density at radius 3 is 2.61 bits per heavy atom. The van der Waals surface area contributed by atoms with Crippen molar-refractivity contribution in [1.82, 2.24) is 0 Å². The van der Waals surface area contributed by atoms with Crippen LogP contribution in [0.25, 0.3) is 0 Å². The molecule has 3 heteroatoms. The second-order valence-corrected chi connectivity index (χ2v) is 4.95. The molecule has 0 aliphatic rings. The van der Waals surface area contributed by atoms with Gasteiger partial charge in [0.25, 0.3) is 0 Å². The number of halogens is 1. The lowest BCUT2D eigenvalue weighted by Crippen LogP contribution is -2.04. The third-order valence-corrected chi connectivity index (χ3v) is 3.22. The van der Waals surface area contributed by atoms with Crippen molar-refractivity contribution < 1.29 is 0 Å². The normalized spacial score (nSPS) is 10.4. The zero-order valence-corrected chi connectivity index (χ0v) is 11.4. The van der Waals surface area contributed by atoms with Crippen molar-refractivity contribution in [2.24, 2.45) is 0 Å². The molecule has 0 saturated heterocycles. The summed E-state index contributed by atoms with van der Waals surface area (Å²) < 4.78 is 0. The molecule has 2 aromatic carbocycles. The first-order chi connectivity index (χ1) is 8.56. The van der Waals surface area contributed by atoms with E-state index in [9.17, 15) is 0 Å². The van der Waals surface area contributed by atoms with E-state index in [1.54, 1.807) is 6.07 Å². The molecular formula is C15H17ClN2. The van der Waals surface area contributed by atoms with Gasteiger partial charge in [-0.2, -0.15) is 0 Å². The highest BCUT2D eigenvalue weighted by Gasteiger charge is 2.02. The predicted molar refractivity (Wildman–Crippen MR) is 79.1 cm³/mol. The topological polar surface area (TPSA) is 38.0 Å². The fourth-order valence-corrected chi connectivity index (χ4v) is 2.06. The second-order valence-electron chi connectivity index (χ2n) is 4.52. The minimum atomic E-state index is 0.657. The number of hydrogen-bond acceptors (Lipinski definition) is 2. The number of aryl methyl sites for hydroxylation is 2. The molecule has 3 N–H and O–H groups in total. The number of rotatable bonds is 3. The molecular weight excluding hydrogens is 244 g/mol. The number of benzene rings is 2. The van der Waals surface area contributed by atoms with Gasteiger partial charge in [-0.25, -0.2) is 0 Å². The third-order valence-electron chi connectivity index (χ3n) is 2.99. The van der Waals surface area contributed by atoms with Gasteiger partial charge in [0.1, 0.15) is 0 Å². The first-order valence-corrected chi connectivity index (χ1v) is 6.29. The van der Waals surface area contributed by atoms with Crippen LogP contribution < -0.4 is 11.1 Å².